The van der Waals surface area contributed by atoms with Crippen LogP contribution in [0, 0.1) is 6.92 Å². The van der Waals surface area contributed by atoms with Crippen molar-refractivity contribution in [3.63, 3.8) is 0 Å². The van der Waals surface area contributed by atoms with Gasteiger partial charge in [-0.15, -0.1) is 11.3 Å². The third-order valence-corrected chi connectivity index (χ3v) is 4.65. The van der Waals surface area contributed by atoms with Crippen molar-refractivity contribution < 1.29 is 0 Å². The summed E-state index contributed by atoms with van der Waals surface area (Å²) in [7, 11) is 0. The Hall–Kier alpha value is -1.67. The van der Waals surface area contributed by atoms with Gasteiger partial charge < -0.3 is 0 Å². The summed E-state index contributed by atoms with van der Waals surface area (Å²) in [5, 5.41) is 1.71. The summed E-state index contributed by atoms with van der Waals surface area (Å²) in [6.45, 7) is 4.21. The molecule has 90 valence electrons. The lowest BCUT2D eigenvalue weighted by Gasteiger charge is -2.06. The first-order valence-electron chi connectivity index (χ1n) is 6.16. The molecule has 3 rings (SSSR count). The average molecular weight is 254 g/mol. The molecule has 2 aromatic carbocycles. The first-order chi connectivity index (χ1) is 8.70. The summed E-state index contributed by atoms with van der Waals surface area (Å²) in [5.74, 6) is 0. The Morgan fingerprint density at radius 1 is 1.11 bits per heavy atom. The molecule has 1 aromatic heterocycles. The van der Waals surface area contributed by atoms with Gasteiger partial charge in [0, 0.05) is 20.2 Å². The maximum absolute atomic E-state index is 12.5. The van der Waals surface area contributed by atoms with Crippen LogP contribution in [0.1, 0.15) is 18.1 Å². The van der Waals surface area contributed by atoms with Crippen LogP contribution in [0.2, 0.25) is 0 Å². The van der Waals surface area contributed by atoms with E-state index in [1.807, 2.05) is 30.3 Å². The second-order valence-electron chi connectivity index (χ2n) is 4.57. The van der Waals surface area contributed by atoms with Crippen molar-refractivity contribution in [2.45, 2.75) is 20.3 Å². The lowest BCUT2D eigenvalue weighted by Crippen LogP contribution is -2.02. The lowest BCUT2D eigenvalue weighted by atomic mass is 10.1. The van der Waals surface area contributed by atoms with E-state index in [1.54, 1.807) is 11.3 Å². The molecular formula is C16H14OS. The predicted octanol–water partition coefficient (Wildman–Crippen LogP) is 4.29. The van der Waals surface area contributed by atoms with Gasteiger partial charge in [0.1, 0.15) is 0 Å². The zero-order valence-electron chi connectivity index (χ0n) is 10.5. The molecule has 0 saturated carbocycles. The van der Waals surface area contributed by atoms with Crippen LogP contribution in [0.5, 0.6) is 0 Å². The van der Waals surface area contributed by atoms with Crippen LogP contribution in [0.3, 0.4) is 0 Å². The van der Waals surface area contributed by atoms with Crippen LogP contribution < -0.4 is 5.43 Å². The Labute approximate surface area is 110 Å². The maximum atomic E-state index is 12.5. The molecule has 2 heteroatoms. The second-order valence-corrected chi connectivity index (χ2v) is 5.62. The van der Waals surface area contributed by atoms with Crippen molar-refractivity contribution >= 4 is 31.5 Å². The third kappa shape index (κ3) is 1.65. The summed E-state index contributed by atoms with van der Waals surface area (Å²) < 4.78 is 2.19. The first-order valence-corrected chi connectivity index (χ1v) is 6.97. The Morgan fingerprint density at radius 3 is 2.67 bits per heavy atom. The summed E-state index contributed by atoms with van der Waals surface area (Å²) in [6.07, 6.45) is 0.966. The molecule has 0 amide bonds. The SMILES string of the molecule is CCc1cc(C)c2sc3ccccc3c(=O)c2c1. The highest BCUT2D eigenvalue weighted by molar-refractivity contribution is 7.24. The van der Waals surface area contributed by atoms with Gasteiger partial charge in [-0.2, -0.15) is 0 Å². The van der Waals surface area contributed by atoms with Crippen LogP contribution >= 0.6 is 11.3 Å². The van der Waals surface area contributed by atoms with Crippen molar-refractivity contribution in [2.75, 3.05) is 0 Å². The van der Waals surface area contributed by atoms with Crippen LogP contribution in [0.25, 0.3) is 20.2 Å². The maximum Gasteiger partial charge on any atom is 0.195 e. The topological polar surface area (TPSA) is 17.1 Å². The summed E-state index contributed by atoms with van der Waals surface area (Å²) in [6, 6.07) is 12.1. The lowest BCUT2D eigenvalue weighted by molar-refractivity contribution is 1.14. The Kier molecular flexibility index (Phi) is 2.67. The molecule has 3 aromatic rings. The molecule has 0 fully saturated rings. The number of hydrogen-bond acceptors (Lipinski definition) is 2. The zero-order chi connectivity index (χ0) is 12.7. The fourth-order valence-electron chi connectivity index (χ4n) is 2.36. The summed E-state index contributed by atoms with van der Waals surface area (Å²) in [4.78, 5) is 12.5. The average Bonchev–Trinajstić information content (AvgIpc) is 2.40. The highest BCUT2D eigenvalue weighted by Crippen LogP contribution is 2.28. The van der Waals surface area contributed by atoms with Crippen molar-refractivity contribution in [3.8, 4) is 0 Å². The normalized spacial score (nSPS) is 11.2. The second kappa shape index (κ2) is 4.21. The molecule has 18 heavy (non-hydrogen) atoms. The molecule has 0 spiro atoms. The largest absolute Gasteiger partial charge is 0.289 e. The Bertz CT molecular complexity index is 799. The molecule has 0 radical (unpaired) electrons. The molecule has 0 saturated heterocycles. The van der Waals surface area contributed by atoms with Crippen molar-refractivity contribution in [1.29, 1.82) is 0 Å². The van der Waals surface area contributed by atoms with Gasteiger partial charge in [0.05, 0.1) is 0 Å². The van der Waals surface area contributed by atoms with Crippen LogP contribution in [0.15, 0.2) is 41.2 Å². The molecule has 0 aliphatic heterocycles. The Balaban J connectivity index is 2.56. The van der Waals surface area contributed by atoms with Gasteiger partial charge in [0.2, 0.25) is 0 Å². The van der Waals surface area contributed by atoms with E-state index in [4.69, 9.17) is 0 Å². The molecule has 1 nitrogen and oxygen atoms in total. The van der Waals surface area contributed by atoms with Gasteiger partial charge in [0.15, 0.2) is 5.43 Å². The standard InChI is InChI=1S/C16H14OS/c1-3-11-8-10(2)16-13(9-11)15(17)12-6-4-5-7-14(12)18-16/h4-9H,3H2,1-2H3. The zero-order valence-corrected chi connectivity index (χ0v) is 11.3. The summed E-state index contributed by atoms with van der Waals surface area (Å²) in [5.41, 5.74) is 2.61. The minimum atomic E-state index is 0.165. The molecule has 0 unspecified atom stereocenters. The monoisotopic (exact) mass is 254 g/mol. The van der Waals surface area contributed by atoms with Crippen molar-refractivity contribution in [1.82, 2.24) is 0 Å². The minimum absolute atomic E-state index is 0.165. The van der Waals surface area contributed by atoms with Gasteiger partial charge in [-0.05, 0) is 42.7 Å². The van der Waals surface area contributed by atoms with E-state index in [2.05, 4.69) is 19.9 Å². The molecule has 0 atom stereocenters. The minimum Gasteiger partial charge on any atom is -0.289 e. The fraction of sp³-hybridized carbons (Fsp3) is 0.188. The first kappa shape index (κ1) is 11.4. The highest BCUT2D eigenvalue weighted by atomic mass is 32.1. The molecule has 1 heterocycles. The summed E-state index contributed by atoms with van der Waals surface area (Å²) >= 11 is 1.71. The van der Waals surface area contributed by atoms with Gasteiger partial charge in [0.25, 0.3) is 0 Å². The number of benzene rings is 2. The van der Waals surface area contributed by atoms with E-state index in [9.17, 15) is 4.79 Å². The molecule has 0 aliphatic rings. The Morgan fingerprint density at radius 2 is 1.89 bits per heavy atom. The van der Waals surface area contributed by atoms with E-state index < -0.39 is 0 Å². The number of aryl methyl sites for hydroxylation is 2. The highest BCUT2D eigenvalue weighted by Gasteiger charge is 2.08. The predicted molar refractivity (Wildman–Crippen MR) is 79.7 cm³/mol. The van der Waals surface area contributed by atoms with Crippen molar-refractivity contribution in [3.05, 3.63) is 57.7 Å². The third-order valence-electron chi connectivity index (χ3n) is 3.33. The fourth-order valence-corrected chi connectivity index (χ4v) is 3.47. The van der Waals surface area contributed by atoms with Crippen molar-refractivity contribution in [2.24, 2.45) is 0 Å². The molecule has 0 bridgehead atoms. The van der Waals surface area contributed by atoms with Gasteiger partial charge in [-0.3, -0.25) is 4.79 Å². The smallest absolute Gasteiger partial charge is 0.195 e. The van der Waals surface area contributed by atoms with E-state index in [0.717, 1.165) is 26.6 Å². The van der Waals surface area contributed by atoms with Crippen LogP contribution in [0.4, 0.5) is 0 Å². The quantitative estimate of drug-likeness (QED) is 0.592. The van der Waals surface area contributed by atoms with E-state index in [-0.39, 0.29) is 5.43 Å². The van der Waals surface area contributed by atoms with Crippen LogP contribution in [-0.4, -0.2) is 0 Å². The van der Waals surface area contributed by atoms with E-state index in [1.165, 1.54) is 11.1 Å². The number of hydrogen-bond donors (Lipinski definition) is 0. The van der Waals surface area contributed by atoms with E-state index >= 15 is 0 Å². The van der Waals surface area contributed by atoms with Gasteiger partial charge >= 0.3 is 0 Å². The van der Waals surface area contributed by atoms with Gasteiger partial charge in [-0.25, -0.2) is 0 Å². The number of rotatable bonds is 1. The molecular weight excluding hydrogens is 240 g/mol. The molecule has 0 N–H and O–H groups in total. The van der Waals surface area contributed by atoms with E-state index in [0.29, 0.717) is 0 Å². The van der Waals surface area contributed by atoms with Crippen LogP contribution in [-0.2, 0) is 6.42 Å². The number of fused-ring (bicyclic) bond motifs is 2. The van der Waals surface area contributed by atoms with Gasteiger partial charge in [-0.1, -0.05) is 25.1 Å². The molecule has 0 aliphatic carbocycles.